The lowest BCUT2D eigenvalue weighted by Crippen LogP contribution is -2.29. The number of hydrogen-bond acceptors (Lipinski definition) is 4. The van der Waals surface area contributed by atoms with Crippen LogP contribution in [0.3, 0.4) is 0 Å². The molecule has 0 aliphatic rings. The normalized spacial score (nSPS) is 11.9. The summed E-state index contributed by atoms with van der Waals surface area (Å²) < 4.78 is 17.5. The zero-order valence-corrected chi connectivity index (χ0v) is 32.1. The van der Waals surface area contributed by atoms with E-state index in [1.807, 2.05) is 6.92 Å². The molecule has 0 aliphatic heterocycles. The maximum absolute atomic E-state index is 12.1. The molecule has 47 heavy (non-hydrogen) atoms. The van der Waals surface area contributed by atoms with Gasteiger partial charge in [-0.3, -0.25) is 4.79 Å². The summed E-state index contributed by atoms with van der Waals surface area (Å²) in [5, 5.41) is 0. The predicted octanol–water partition coefficient (Wildman–Crippen LogP) is 13.8. The van der Waals surface area contributed by atoms with Crippen molar-refractivity contribution in [3.63, 3.8) is 0 Å². The monoisotopic (exact) mass is 663 g/mol. The molecular weight excluding hydrogens is 580 g/mol. The number of allylic oxidation sites excluding steroid dienone is 4. The average Bonchev–Trinajstić information content (AvgIpc) is 3.07. The SMILES string of the molecule is CCCCCCCC/C=C\CCCCCCCCOCC(COCCCCCCCC/C=C\CCCCCCCC)OC(=O)CCC. The highest BCUT2D eigenvalue weighted by Gasteiger charge is 2.15. The van der Waals surface area contributed by atoms with Gasteiger partial charge < -0.3 is 14.2 Å². The molecule has 278 valence electrons. The van der Waals surface area contributed by atoms with Gasteiger partial charge in [0, 0.05) is 19.6 Å². The maximum Gasteiger partial charge on any atom is 0.306 e. The molecule has 4 heteroatoms. The molecule has 0 radical (unpaired) electrons. The first-order valence-electron chi connectivity index (χ1n) is 20.9. The molecule has 0 atom stereocenters. The Balaban J connectivity index is 3.69. The molecule has 0 rings (SSSR count). The lowest BCUT2D eigenvalue weighted by Gasteiger charge is -2.18. The van der Waals surface area contributed by atoms with Gasteiger partial charge in [-0.15, -0.1) is 0 Å². The van der Waals surface area contributed by atoms with E-state index < -0.39 is 0 Å². The van der Waals surface area contributed by atoms with Crippen LogP contribution in [0.2, 0.25) is 0 Å². The van der Waals surface area contributed by atoms with Crippen LogP contribution in [-0.4, -0.2) is 38.5 Å². The van der Waals surface area contributed by atoms with Crippen molar-refractivity contribution in [1.82, 2.24) is 0 Å². The molecule has 0 aromatic carbocycles. The Morgan fingerprint density at radius 1 is 0.426 bits per heavy atom. The van der Waals surface area contributed by atoms with E-state index in [4.69, 9.17) is 14.2 Å². The summed E-state index contributed by atoms with van der Waals surface area (Å²) in [6, 6.07) is 0. The molecule has 0 fully saturated rings. The molecule has 0 aromatic heterocycles. The van der Waals surface area contributed by atoms with Gasteiger partial charge in [-0.1, -0.05) is 161 Å². The smallest absolute Gasteiger partial charge is 0.306 e. The lowest BCUT2D eigenvalue weighted by atomic mass is 10.1. The third-order valence-electron chi connectivity index (χ3n) is 8.96. The van der Waals surface area contributed by atoms with E-state index in [1.165, 1.54) is 167 Å². The molecule has 0 spiro atoms. The number of ether oxygens (including phenoxy) is 3. The number of carbonyl (C=O) groups excluding carboxylic acids is 1. The maximum atomic E-state index is 12.1. The predicted molar refractivity (Wildman–Crippen MR) is 205 cm³/mol. The fourth-order valence-corrected chi connectivity index (χ4v) is 5.90. The Morgan fingerprint density at radius 3 is 1.09 bits per heavy atom. The van der Waals surface area contributed by atoms with E-state index in [1.54, 1.807) is 0 Å². The fourth-order valence-electron chi connectivity index (χ4n) is 5.90. The molecule has 0 aromatic rings. The second-order valence-corrected chi connectivity index (χ2v) is 13.9. The van der Waals surface area contributed by atoms with Crippen LogP contribution >= 0.6 is 0 Å². The van der Waals surface area contributed by atoms with Crippen molar-refractivity contribution >= 4 is 5.97 Å². The highest BCUT2D eigenvalue weighted by Crippen LogP contribution is 2.12. The zero-order chi connectivity index (χ0) is 34.1. The first-order valence-corrected chi connectivity index (χ1v) is 20.9. The first-order chi connectivity index (χ1) is 23.2. The Morgan fingerprint density at radius 2 is 0.745 bits per heavy atom. The van der Waals surface area contributed by atoms with Gasteiger partial charge in [0.05, 0.1) is 13.2 Å². The van der Waals surface area contributed by atoms with Gasteiger partial charge in [-0.25, -0.2) is 0 Å². The van der Waals surface area contributed by atoms with Crippen LogP contribution in [0.5, 0.6) is 0 Å². The van der Waals surface area contributed by atoms with Gasteiger partial charge in [0.2, 0.25) is 0 Å². The molecule has 0 saturated carbocycles. The van der Waals surface area contributed by atoms with Crippen LogP contribution in [-0.2, 0) is 19.0 Å². The second kappa shape index (κ2) is 41.0. The van der Waals surface area contributed by atoms with Crippen molar-refractivity contribution in [2.45, 2.75) is 219 Å². The number of carbonyl (C=O) groups is 1. The van der Waals surface area contributed by atoms with E-state index in [-0.39, 0.29) is 12.1 Å². The molecule has 0 heterocycles. The molecule has 0 N–H and O–H groups in total. The van der Waals surface area contributed by atoms with Gasteiger partial charge in [0.15, 0.2) is 0 Å². The standard InChI is InChI=1S/C43H82O4/c1-4-7-9-11-13-15-17-19-21-23-25-27-29-31-33-35-38-45-40-42(47-43(44)37-6-3)41-46-39-36-34-32-30-28-26-24-22-20-18-16-14-12-10-8-5-2/h19-22,42H,4-18,23-41H2,1-3H3/b21-19-,22-20-. The third kappa shape index (κ3) is 39.2. The van der Waals surface area contributed by atoms with Crippen LogP contribution in [0.4, 0.5) is 0 Å². The lowest BCUT2D eigenvalue weighted by molar-refractivity contribution is -0.156. The summed E-state index contributed by atoms with van der Waals surface area (Å²) in [4.78, 5) is 12.1. The molecular formula is C43H82O4. The number of hydrogen-bond donors (Lipinski definition) is 0. The Kier molecular flexibility index (Phi) is 40.1. The van der Waals surface area contributed by atoms with E-state index in [2.05, 4.69) is 38.2 Å². The summed E-state index contributed by atoms with van der Waals surface area (Å²) in [5.74, 6) is -0.140. The van der Waals surface area contributed by atoms with Crippen molar-refractivity contribution in [3.05, 3.63) is 24.3 Å². The van der Waals surface area contributed by atoms with Crippen molar-refractivity contribution in [2.75, 3.05) is 26.4 Å². The summed E-state index contributed by atoms with van der Waals surface area (Å²) >= 11 is 0. The van der Waals surface area contributed by atoms with E-state index in [0.29, 0.717) is 19.6 Å². The van der Waals surface area contributed by atoms with Crippen LogP contribution in [0.15, 0.2) is 24.3 Å². The summed E-state index contributed by atoms with van der Waals surface area (Å²) in [5.41, 5.74) is 0. The van der Waals surface area contributed by atoms with E-state index in [0.717, 1.165) is 32.5 Å². The second-order valence-electron chi connectivity index (χ2n) is 13.9. The number of rotatable bonds is 39. The quantitative estimate of drug-likeness (QED) is 0.0373. The third-order valence-corrected chi connectivity index (χ3v) is 8.96. The first kappa shape index (κ1) is 45.9. The minimum atomic E-state index is -0.294. The van der Waals surface area contributed by atoms with Crippen LogP contribution in [0, 0.1) is 0 Å². The van der Waals surface area contributed by atoms with Gasteiger partial charge in [-0.2, -0.15) is 0 Å². The van der Waals surface area contributed by atoms with Gasteiger partial charge in [0.1, 0.15) is 6.10 Å². The van der Waals surface area contributed by atoms with Crippen molar-refractivity contribution in [1.29, 1.82) is 0 Å². The highest BCUT2D eigenvalue weighted by atomic mass is 16.6. The Hall–Kier alpha value is -1.13. The molecule has 0 bridgehead atoms. The van der Waals surface area contributed by atoms with Crippen molar-refractivity contribution in [2.24, 2.45) is 0 Å². The van der Waals surface area contributed by atoms with Crippen LogP contribution in [0.1, 0.15) is 213 Å². The molecule has 4 nitrogen and oxygen atoms in total. The van der Waals surface area contributed by atoms with Crippen LogP contribution in [0.25, 0.3) is 0 Å². The van der Waals surface area contributed by atoms with Crippen LogP contribution < -0.4 is 0 Å². The molecule has 0 aliphatic carbocycles. The molecule has 0 saturated heterocycles. The van der Waals surface area contributed by atoms with Crippen molar-refractivity contribution < 1.29 is 19.0 Å². The fraction of sp³-hybridized carbons (Fsp3) is 0.884. The molecule has 0 amide bonds. The minimum Gasteiger partial charge on any atom is -0.457 e. The van der Waals surface area contributed by atoms with E-state index in [9.17, 15) is 4.79 Å². The largest absolute Gasteiger partial charge is 0.457 e. The summed E-state index contributed by atoms with van der Waals surface area (Å²) in [7, 11) is 0. The van der Waals surface area contributed by atoms with E-state index >= 15 is 0 Å². The average molecular weight is 663 g/mol. The molecule has 0 unspecified atom stereocenters. The topological polar surface area (TPSA) is 44.8 Å². The van der Waals surface area contributed by atoms with Gasteiger partial charge in [-0.05, 0) is 70.6 Å². The van der Waals surface area contributed by atoms with Crippen molar-refractivity contribution in [3.8, 4) is 0 Å². The minimum absolute atomic E-state index is 0.140. The summed E-state index contributed by atoms with van der Waals surface area (Å²) in [6.07, 6.45) is 47.2. The van der Waals surface area contributed by atoms with Gasteiger partial charge >= 0.3 is 5.97 Å². The Labute approximate surface area is 294 Å². The number of esters is 1. The number of unbranched alkanes of at least 4 members (excludes halogenated alkanes) is 24. The Bertz CT molecular complexity index is 612. The highest BCUT2D eigenvalue weighted by molar-refractivity contribution is 5.69. The zero-order valence-electron chi connectivity index (χ0n) is 32.1. The summed E-state index contributed by atoms with van der Waals surface area (Å²) in [6.45, 7) is 8.91. The van der Waals surface area contributed by atoms with Gasteiger partial charge in [0.25, 0.3) is 0 Å².